The molecule has 0 amide bonds. The molecule has 0 fully saturated rings. The molecule has 0 atom stereocenters. The van der Waals surface area contributed by atoms with Crippen LogP contribution in [0.4, 0.5) is 26.3 Å². The molecule has 0 aromatic heterocycles. The molecule has 0 heterocycles. The van der Waals surface area contributed by atoms with E-state index in [0.717, 1.165) is 24.3 Å². The third-order valence-corrected chi connectivity index (χ3v) is 3.36. The summed E-state index contributed by atoms with van der Waals surface area (Å²) in [4.78, 5) is 11.8. The molecule has 0 saturated carbocycles. The number of carbonyl (C=O) groups is 1. The lowest BCUT2D eigenvalue weighted by Crippen LogP contribution is -2.15. The number of esters is 1. The van der Waals surface area contributed by atoms with Gasteiger partial charge < -0.3 is 4.74 Å². The number of alkyl halides is 6. The Morgan fingerprint density at radius 3 is 2.08 bits per heavy atom. The van der Waals surface area contributed by atoms with E-state index in [9.17, 15) is 31.1 Å². The fourth-order valence-corrected chi connectivity index (χ4v) is 2.32. The molecule has 0 bridgehead atoms. The smallest absolute Gasteiger partial charge is 0.417 e. The second-order valence-electron chi connectivity index (χ2n) is 5.02. The zero-order chi connectivity index (χ0) is 18.8. The van der Waals surface area contributed by atoms with Crippen molar-refractivity contribution >= 4 is 5.97 Å². The molecule has 0 spiro atoms. The van der Waals surface area contributed by atoms with Gasteiger partial charge in [0.25, 0.3) is 0 Å². The first-order chi connectivity index (χ1) is 11.6. The van der Waals surface area contributed by atoms with Gasteiger partial charge in [-0.15, -0.1) is 0 Å². The van der Waals surface area contributed by atoms with Crippen molar-refractivity contribution in [3.63, 3.8) is 0 Å². The molecule has 0 aliphatic heterocycles. The van der Waals surface area contributed by atoms with Gasteiger partial charge in [-0.2, -0.15) is 26.3 Å². The number of rotatable bonds is 3. The Kier molecular flexibility index (Phi) is 5.10. The Morgan fingerprint density at radius 2 is 1.52 bits per heavy atom. The number of carbonyl (C=O) groups excluding carboxylic acids is 1. The fraction of sp³-hybridized carbons (Fsp3) is 0.235. The molecule has 0 unspecified atom stereocenters. The summed E-state index contributed by atoms with van der Waals surface area (Å²) in [7, 11) is 0. The fourth-order valence-electron chi connectivity index (χ4n) is 2.32. The van der Waals surface area contributed by atoms with Crippen LogP contribution < -0.4 is 0 Å². The van der Waals surface area contributed by atoms with Crippen molar-refractivity contribution in [1.29, 1.82) is 0 Å². The molecule has 2 rings (SSSR count). The first-order valence-electron chi connectivity index (χ1n) is 7.10. The molecule has 25 heavy (non-hydrogen) atoms. The minimum Gasteiger partial charge on any atom is -0.462 e. The highest BCUT2D eigenvalue weighted by atomic mass is 19.4. The first kappa shape index (κ1) is 18.8. The van der Waals surface area contributed by atoms with Crippen LogP contribution >= 0.6 is 0 Å². The van der Waals surface area contributed by atoms with Crippen LogP contribution in [0.5, 0.6) is 0 Å². The van der Waals surface area contributed by atoms with E-state index in [1.54, 1.807) is 0 Å². The van der Waals surface area contributed by atoms with Crippen LogP contribution in [0.15, 0.2) is 42.5 Å². The lowest BCUT2D eigenvalue weighted by atomic mass is 9.95. The monoisotopic (exact) mass is 362 g/mol. The van der Waals surface area contributed by atoms with E-state index in [-0.39, 0.29) is 17.7 Å². The maximum atomic E-state index is 13.1. The quantitative estimate of drug-likeness (QED) is 0.527. The molecular formula is C17H12F6O2. The highest BCUT2D eigenvalue weighted by Gasteiger charge is 2.37. The van der Waals surface area contributed by atoms with Crippen LogP contribution in [0.1, 0.15) is 28.4 Å². The number of halogens is 6. The Labute approximate surface area is 139 Å². The van der Waals surface area contributed by atoms with Gasteiger partial charge in [-0.1, -0.05) is 24.3 Å². The van der Waals surface area contributed by atoms with Crippen molar-refractivity contribution in [2.45, 2.75) is 19.3 Å². The molecule has 134 valence electrons. The standard InChI is InChI=1S/C17H12F6O2/c1-2-25-15(24)12-9-10(7-8-14(12)17(21,22)23)11-5-3-4-6-13(11)16(18,19)20/h3-9H,2H2,1H3. The normalized spacial score (nSPS) is 12.1. The van der Waals surface area contributed by atoms with Crippen molar-refractivity contribution < 1.29 is 35.9 Å². The maximum Gasteiger partial charge on any atom is 0.417 e. The van der Waals surface area contributed by atoms with Crippen LogP contribution in [-0.2, 0) is 17.1 Å². The van der Waals surface area contributed by atoms with E-state index in [2.05, 4.69) is 4.74 Å². The summed E-state index contributed by atoms with van der Waals surface area (Å²) in [6.07, 6.45) is -9.53. The van der Waals surface area contributed by atoms with Crippen molar-refractivity contribution in [1.82, 2.24) is 0 Å². The van der Waals surface area contributed by atoms with Crippen molar-refractivity contribution in [2.75, 3.05) is 6.61 Å². The van der Waals surface area contributed by atoms with E-state index in [0.29, 0.717) is 6.07 Å². The van der Waals surface area contributed by atoms with E-state index < -0.39 is 35.0 Å². The predicted molar refractivity (Wildman–Crippen MR) is 77.8 cm³/mol. The molecule has 0 aliphatic carbocycles. The summed E-state index contributed by atoms with van der Waals surface area (Å²) in [5.74, 6) is -1.25. The highest BCUT2D eigenvalue weighted by molar-refractivity contribution is 5.93. The lowest BCUT2D eigenvalue weighted by molar-refractivity contribution is -0.138. The molecule has 0 N–H and O–H groups in total. The van der Waals surface area contributed by atoms with Gasteiger partial charge in [0, 0.05) is 0 Å². The Hall–Kier alpha value is -2.51. The minimum atomic E-state index is -4.84. The molecule has 0 saturated heterocycles. The number of hydrogen-bond acceptors (Lipinski definition) is 2. The first-order valence-corrected chi connectivity index (χ1v) is 7.10. The molecule has 0 radical (unpaired) electrons. The van der Waals surface area contributed by atoms with Gasteiger partial charge in [0.1, 0.15) is 0 Å². The van der Waals surface area contributed by atoms with Gasteiger partial charge in [0.05, 0.1) is 23.3 Å². The van der Waals surface area contributed by atoms with Gasteiger partial charge >= 0.3 is 18.3 Å². The van der Waals surface area contributed by atoms with Gasteiger partial charge in [0.15, 0.2) is 0 Å². The van der Waals surface area contributed by atoms with E-state index in [1.807, 2.05) is 0 Å². The van der Waals surface area contributed by atoms with Crippen LogP contribution in [0.2, 0.25) is 0 Å². The molecular weight excluding hydrogens is 350 g/mol. The maximum absolute atomic E-state index is 13.1. The summed E-state index contributed by atoms with van der Waals surface area (Å²) in [6.45, 7) is 1.24. The van der Waals surface area contributed by atoms with E-state index in [4.69, 9.17) is 0 Å². The second-order valence-corrected chi connectivity index (χ2v) is 5.02. The van der Waals surface area contributed by atoms with Gasteiger partial charge in [-0.05, 0) is 36.2 Å². The zero-order valence-electron chi connectivity index (χ0n) is 12.8. The summed E-state index contributed by atoms with van der Waals surface area (Å²) < 4.78 is 83.1. The summed E-state index contributed by atoms with van der Waals surface area (Å²) >= 11 is 0. The minimum absolute atomic E-state index is 0.163. The van der Waals surface area contributed by atoms with E-state index in [1.165, 1.54) is 19.1 Å². The zero-order valence-corrected chi connectivity index (χ0v) is 12.8. The predicted octanol–water partition coefficient (Wildman–Crippen LogP) is 5.57. The van der Waals surface area contributed by atoms with E-state index >= 15 is 0 Å². The third kappa shape index (κ3) is 4.12. The van der Waals surface area contributed by atoms with Crippen molar-refractivity contribution in [3.05, 3.63) is 59.2 Å². The van der Waals surface area contributed by atoms with Crippen LogP contribution in [0.25, 0.3) is 11.1 Å². The number of benzene rings is 2. The topological polar surface area (TPSA) is 26.3 Å². The number of hydrogen-bond donors (Lipinski definition) is 0. The average Bonchev–Trinajstić information content (AvgIpc) is 2.53. The Morgan fingerprint density at radius 1 is 0.920 bits per heavy atom. The van der Waals surface area contributed by atoms with Crippen molar-refractivity contribution in [2.24, 2.45) is 0 Å². The van der Waals surface area contributed by atoms with Gasteiger partial charge in [0.2, 0.25) is 0 Å². The molecule has 2 aromatic carbocycles. The SMILES string of the molecule is CCOC(=O)c1cc(-c2ccccc2C(F)(F)F)ccc1C(F)(F)F. The largest absolute Gasteiger partial charge is 0.462 e. The lowest BCUT2D eigenvalue weighted by Gasteiger charge is -2.16. The van der Waals surface area contributed by atoms with Gasteiger partial charge in [-0.3, -0.25) is 0 Å². The molecule has 2 aromatic rings. The Balaban J connectivity index is 2.67. The summed E-state index contributed by atoms with van der Waals surface area (Å²) in [5, 5.41) is 0. The van der Waals surface area contributed by atoms with Gasteiger partial charge in [-0.25, -0.2) is 4.79 Å². The highest BCUT2D eigenvalue weighted by Crippen LogP contribution is 2.39. The Bertz CT molecular complexity index is 777. The van der Waals surface area contributed by atoms with Crippen LogP contribution in [-0.4, -0.2) is 12.6 Å². The molecule has 0 aliphatic rings. The van der Waals surface area contributed by atoms with Crippen LogP contribution in [0.3, 0.4) is 0 Å². The second kappa shape index (κ2) is 6.78. The average molecular weight is 362 g/mol. The number of ether oxygens (including phenoxy) is 1. The third-order valence-electron chi connectivity index (χ3n) is 3.36. The molecule has 8 heteroatoms. The summed E-state index contributed by atoms with van der Waals surface area (Å²) in [5.41, 5.74) is -3.59. The molecule has 2 nitrogen and oxygen atoms in total. The summed E-state index contributed by atoms with van der Waals surface area (Å²) in [6, 6.07) is 6.68. The van der Waals surface area contributed by atoms with Crippen LogP contribution in [0, 0.1) is 0 Å². The van der Waals surface area contributed by atoms with Crippen molar-refractivity contribution in [3.8, 4) is 11.1 Å².